The van der Waals surface area contributed by atoms with Gasteiger partial charge in [0.1, 0.15) is 5.78 Å². The molecule has 0 aliphatic carbocycles. The summed E-state index contributed by atoms with van der Waals surface area (Å²) < 4.78 is 0. The second kappa shape index (κ2) is 5.97. The summed E-state index contributed by atoms with van der Waals surface area (Å²) in [7, 11) is 0. The van der Waals surface area contributed by atoms with Gasteiger partial charge in [0.05, 0.1) is 6.54 Å². The maximum absolute atomic E-state index is 12.0. The highest BCUT2D eigenvalue weighted by Crippen LogP contribution is 2.16. The van der Waals surface area contributed by atoms with Crippen molar-refractivity contribution in [3.63, 3.8) is 0 Å². The third kappa shape index (κ3) is 3.89. The van der Waals surface area contributed by atoms with Crippen LogP contribution in [0.4, 0.5) is 5.69 Å². The lowest BCUT2D eigenvalue weighted by molar-refractivity contribution is -0.124. The number of aryl methyl sites for hydroxylation is 2. The van der Waals surface area contributed by atoms with E-state index in [-0.39, 0.29) is 5.91 Å². The summed E-state index contributed by atoms with van der Waals surface area (Å²) in [6, 6.07) is 5.97. The maximum Gasteiger partial charge on any atom is 0.238 e. The summed E-state index contributed by atoms with van der Waals surface area (Å²) in [5, 5.41) is 2.93. The molecular formula is C15H20N2O2. The van der Waals surface area contributed by atoms with Gasteiger partial charge in [-0.25, -0.2) is 0 Å². The number of anilines is 1. The molecule has 2 rings (SSSR count). The molecule has 1 aliphatic rings. The van der Waals surface area contributed by atoms with Crippen molar-refractivity contribution >= 4 is 17.4 Å². The van der Waals surface area contributed by atoms with Gasteiger partial charge in [0.15, 0.2) is 0 Å². The van der Waals surface area contributed by atoms with E-state index in [0.717, 1.165) is 11.3 Å². The van der Waals surface area contributed by atoms with Crippen molar-refractivity contribution in [2.45, 2.75) is 26.7 Å². The van der Waals surface area contributed by atoms with Gasteiger partial charge in [0.25, 0.3) is 0 Å². The fourth-order valence-electron chi connectivity index (χ4n) is 2.31. The van der Waals surface area contributed by atoms with Crippen LogP contribution in [0.3, 0.4) is 0 Å². The number of benzene rings is 1. The Kier molecular flexibility index (Phi) is 4.32. The zero-order valence-corrected chi connectivity index (χ0v) is 11.5. The number of carbonyl (C=O) groups excluding carboxylic acids is 2. The van der Waals surface area contributed by atoms with Crippen LogP contribution in [0.5, 0.6) is 0 Å². The first-order valence-electron chi connectivity index (χ1n) is 6.66. The molecule has 0 spiro atoms. The number of likely N-dealkylation sites (tertiary alicyclic amines) is 1. The number of hydrogen-bond donors (Lipinski definition) is 1. The van der Waals surface area contributed by atoms with Crippen molar-refractivity contribution in [3.05, 3.63) is 29.3 Å². The molecule has 0 saturated carbocycles. The standard InChI is InChI=1S/C15H20N2O2/c1-11-3-4-14(12(2)9-11)16-15(19)10-17-7-5-13(18)6-8-17/h3-4,9H,5-8,10H2,1-2H3,(H,16,19). The SMILES string of the molecule is Cc1ccc(NC(=O)CN2CCC(=O)CC2)c(C)c1. The molecule has 1 heterocycles. The van der Waals surface area contributed by atoms with Gasteiger partial charge >= 0.3 is 0 Å². The first kappa shape index (κ1) is 13.7. The van der Waals surface area contributed by atoms with Crippen LogP contribution in [0.1, 0.15) is 24.0 Å². The molecule has 0 unspecified atom stereocenters. The molecule has 19 heavy (non-hydrogen) atoms. The highest BCUT2D eigenvalue weighted by Gasteiger charge is 2.18. The lowest BCUT2D eigenvalue weighted by atomic mass is 10.1. The first-order valence-corrected chi connectivity index (χ1v) is 6.66. The Hall–Kier alpha value is -1.68. The van der Waals surface area contributed by atoms with E-state index in [4.69, 9.17) is 0 Å². The third-order valence-corrected chi connectivity index (χ3v) is 3.44. The number of Topliss-reactive ketones (excluding diaryl/α,β-unsaturated/α-hetero) is 1. The van der Waals surface area contributed by atoms with E-state index in [1.807, 2.05) is 30.9 Å². The number of ketones is 1. The third-order valence-electron chi connectivity index (χ3n) is 3.44. The quantitative estimate of drug-likeness (QED) is 0.903. The van der Waals surface area contributed by atoms with Gasteiger partial charge in [0, 0.05) is 31.6 Å². The molecule has 1 saturated heterocycles. The second-order valence-electron chi connectivity index (χ2n) is 5.18. The predicted molar refractivity (Wildman–Crippen MR) is 75.2 cm³/mol. The number of rotatable bonds is 3. The van der Waals surface area contributed by atoms with Crippen LogP contribution in [-0.4, -0.2) is 36.2 Å². The molecule has 4 nitrogen and oxygen atoms in total. The largest absolute Gasteiger partial charge is 0.325 e. The number of nitrogens with one attached hydrogen (secondary N) is 1. The van der Waals surface area contributed by atoms with Gasteiger partial charge in [0.2, 0.25) is 5.91 Å². The average Bonchev–Trinajstić information content (AvgIpc) is 2.36. The normalized spacial score (nSPS) is 16.4. The summed E-state index contributed by atoms with van der Waals surface area (Å²) >= 11 is 0. The zero-order chi connectivity index (χ0) is 13.8. The van der Waals surface area contributed by atoms with Crippen LogP contribution in [0.25, 0.3) is 0 Å². The average molecular weight is 260 g/mol. The molecule has 1 amide bonds. The zero-order valence-electron chi connectivity index (χ0n) is 11.5. The summed E-state index contributed by atoms with van der Waals surface area (Å²) in [5.41, 5.74) is 3.12. The molecule has 0 bridgehead atoms. The Morgan fingerprint density at radius 3 is 2.58 bits per heavy atom. The Morgan fingerprint density at radius 2 is 1.95 bits per heavy atom. The van der Waals surface area contributed by atoms with Crippen molar-refractivity contribution in [2.75, 3.05) is 25.0 Å². The van der Waals surface area contributed by atoms with Crippen molar-refractivity contribution in [2.24, 2.45) is 0 Å². The highest BCUT2D eigenvalue weighted by atomic mass is 16.2. The Bertz CT molecular complexity index is 487. The van der Waals surface area contributed by atoms with Gasteiger partial charge in [-0.05, 0) is 25.5 Å². The number of nitrogens with zero attached hydrogens (tertiary/aromatic N) is 1. The number of carbonyl (C=O) groups is 2. The molecule has 1 N–H and O–H groups in total. The van der Waals surface area contributed by atoms with Crippen LogP contribution < -0.4 is 5.32 Å². The minimum atomic E-state index is -0.0127. The fraction of sp³-hybridized carbons (Fsp3) is 0.467. The topological polar surface area (TPSA) is 49.4 Å². The molecule has 102 valence electrons. The monoisotopic (exact) mass is 260 g/mol. The predicted octanol–water partition coefficient (Wildman–Crippen LogP) is 1.91. The van der Waals surface area contributed by atoms with Crippen molar-refractivity contribution < 1.29 is 9.59 Å². The summed E-state index contributed by atoms with van der Waals surface area (Å²) in [4.78, 5) is 25.1. The van der Waals surface area contributed by atoms with Crippen LogP contribution in [0, 0.1) is 13.8 Å². The number of hydrogen-bond acceptors (Lipinski definition) is 3. The van der Waals surface area contributed by atoms with Crippen LogP contribution in [0.2, 0.25) is 0 Å². The minimum Gasteiger partial charge on any atom is -0.325 e. The van der Waals surface area contributed by atoms with E-state index in [1.54, 1.807) is 0 Å². The van der Waals surface area contributed by atoms with Crippen molar-refractivity contribution in [1.29, 1.82) is 0 Å². The second-order valence-corrected chi connectivity index (χ2v) is 5.18. The van der Waals surface area contributed by atoms with Gasteiger partial charge in [-0.15, -0.1) is 0 Å². The van der Waals surface area contributed by atoms with Gasteiger partial charge in [-0.1, -0.05) is 17.7 Å². The molecule has 1 aromatic rings. The molecule has 0 aromatic heterocycles. The van der Waals surface area contributed by atoms with E-state index >= 15 is 0 Å². The lowest BCUT2D eigenvalue weighted by Gasteiger charge is -2.25. The molecular weight excluding hydrogens is 240 g/mol. The van der Waals surface area contributed by atoms with E-state index in [0.29, 0.717) is 38.3 Å². The van der Waals surface area contributed by atoms with Crippen LogP contribution >= 0.6 is 0 Å². The highest BCUT2D eigenvalue weighted by molar-refractivity contribution is 5.93. The lowest BCUT2D eigenvalue weighted by Crippen LogP contribution is -2.39. The molecule has 4 heteroatoms. The minimum absolute atomic E-state index is 0.0127. The summed E-state index contributed by atoms with van der Waals surface area (Å²) in [6.45, 7) is 5.77. The number of piperidine rings is 1. The van der Waals surface area contributed by atoms with Gasteiger partial charge < -0.3 is 5.32 Å². The molecule has 1 fully saturated rings. The summed E-state index contributed by atoms with van der Waals surface area (Å²) in [5.74, 6) is 0.285. The maximum atomic E-state index is 12.0. The molecule has 0 radical (unpaired) electrons. The first-order chi connectivity index (χ1) is 9.04. The molecule has 0 atom stereocenters. The van der Waals surface area contributed by atoms with E-state index in [2.05, 4.69) is 11.4 Å². The Labute approximate surface area is 113 Å². The fourth-order valence-corrected chi connectivity index (χ4v) is 2.31. The van der Waals surface area contributed by atoms with Crippen LogP contribution in [0.15, 0.2) is 18.2 Å². The number of amides is 1. The van der Waals surface area contributed by atoms with Gasteiger partial charge in [-0.3, -0.25) is 14.5 Å². The smallest absolute Gasteiger partial charge is 0.238 e. The van der Waals surface area contributed by atoms with Crippen LogP contribution in [-0.2, 0) is 9.59 Å². The van der Waals surface area contributed by atoms with Crippen molar-refractivity contribution in [3.8, 4) is 0 Å². The van der Waals surface area contributed by atoms with E-state index in [1.165, 1.54) is 5.56 Å². The molecule has 1 aliphatic heterocycles. The van der Waals surface area contributed by atoms with Gasteiger partial charge in [-0.2, -0.15) is 0 Å². The van der Waals surface area contributed by atoms with E-state index < -0.39 is 0 Å². The molecule has 1 aromatic carbocycles. The van der Waals surface area contributed by atoms with E-state index in [9.17, 15) is 9.59 Å². The van der Waals surface area contributed by atoms with Crippen molar-refractivity contribution in [1.82, 2.24) is 4.90 Å². The Balaban J connectivity index is 1.89. The summed E-state index contributed by atoms with van der Waals surface area (Å²) in [6.07, 6.45) is 1.13. The Morgan fingerprint density at radius 1 is 1.26 bits per heavy atom.